The molecule has 0 bridgehead atoms. The van der Waals surface area contributed by atoms with E-state index in [0.717, 1.165) is 5.56 Å². The maximum absolute atomic E-state index is 12.2. The first kappa shape index (κ1) is 16.0. The second-order valence-corrected chi connectivity index (χ2v) is 5.14. The molecule has 2 aromatic rings. The summed E-state index contributed by atoms with van der Waals surface area (Å²) in [7, 11) is 0. The third-order valence-electron chi connectivity index (χ3n) is 2.79. The Morgan fingerprint density at radius 1 is 1.27 bits per heavy atom. The number of hydrazone groups is 1. The molecule has 0 aromatic heterocycles. The Morgan fingerprint density at radius 2 is 2.00 bits per heavy atom. The molecule has 0 atom stereocenters. The highest BCUT2D eigenvalue weighted by Gasteiger charge is 2.15. The van der Waals surface area contributed by atoms with Gasteiger partial charge in [-0.05, 0) is 47.1 Å². The molecule has 0 saturated carbocycles. The fraction of sp³-hybridized carbons (Fsp3) is 0.125. The lowest BCUT2D eigenvalue weighted by molar-refractivity contribution is 0.0728. The zero-order valence-corrected chi connectivity index (χ0v) is 13.5. The second kappa shape index (κ2) is 7.61. The molecule has 0 radical (unpaired) electrons. The number of carbonyl (C=O) groups is 1. The van der Waals surface area contributed by atoms with Crippen molar-refractivity contribution in [1.29, 1.82) is 0 Å². The van der Waals surface area contributed by atoms with Crippen LogP contribution in [-0.4, -0.2) is 18.8 Å². The lowest BCUT2D eigenvalue weighted by Gasteiger charge is -2.12. The Bertz CT molecular complexity index is 687. The molecule has 2 rings (SSSR count). The van der Waals surface area contributed by atoms with E-state index in [4.69, 9.17) is 15.3 Å². The van der Waals surface area contributed by atoms with Crippen LogP contribution in [0.15, 0.2) is 52.0 Å². The van der Waals surface area contributed by atoms with Crippen LogP contribution >= 0.6 is 15.9 Å². The molecule has 0 aliphatic heterocycles. The maximum Gasteiger partial charge on any atom is 0.343 e. The van der Waals surface area contributed by atoms with Crippen molar-refractivity contribution in [3.8, 4) is 11.5 Å². The molecule has 5 nitrogen and oxygen atoms in total. The van der Waals surface area contributed by atoms with Gasteiger partial charge in [-0.25, -0.2) is 4.79 Å². The molecular weight excluding hydrogens is 348 g/mol. The van der Waals surface area contributed by atoms with Crippen LogP contribution in [0.5, 0.6) is 11.5 Å². The van der Waals surface area contributed by atoms with Gasteiger partial charge in [0.1, 0.15) is 0 Å². The van der Waals surface area contributed by atoms with Gasteiger partial charge in [-0.3, -0.25) is 0 Å². The molecule has 0 fully saturated rings. The highest BCUT2D eigenvalue weighted by molar-refractivity contribution is 9.10. The minimum absolute atomic E-state index is 0.330. The van der Waals surface area contributed by atoms with Gasteiger partial charge in [0.25, 0.3) is 0 Å². The Kier molecular flexibility index (Phi) is 5.55. The molecule has 2 N–H and O–H groups in total. The van der Waals surface area contributed by atoms with E-state index in [2.05, 4.69) is 21.0 Å². The summed E-state index contributed by atoms with van der Waals surface area (Å²) < 4.78 is 11.6. The van der Waals surface area contributed by atoms with Gasteiger partial charge in [-0.2, -0.15) is 5.10 Å². The van der Waals surface area contributed by atoms with Crippen LogP contribution in [0.2, 0.25) is 0 Å². The number of rotatable bonds is 5. The Morgan fingerprint density at radius 3 is 2.64 bits per heavy atom. The summed E-state index contributed by atoms with van der Waals surface area (Å²) in [4.78, 5) is 12.2. The number of hydrogen-bond donors (Lipinski definition) is 1. The van der Waals surface area contributed by atoms with Gasteiger partial charge in [-0.15, -0.1) is 0 Å². The smallest absolute Gasteiger partial charge is 0.343 e. The molecule has 0 spiro atoms. The molecule has 0 aliphatic rings. The lowest BCUT2D eigenvalue weighted by atomic mass is 10.2. The Balaban J connectivity index is 2.33. The SMILES string of the molecule is CCOc1cc(C=NN)c(Br)cc1OC(=O)c1ccccc1. The van der Waals surface area contributed by atoms with Crippen LogP contribution in [0.25, 0.3) is 0 Å². The average Bonchev–Trinajstić information content (AvgIpc) is 2.53. The zero-order chi connectivity index (χ0) is 15.9. The summed E-state index contributed by atoms with van der Waals surface area (Å²) in [5.41, 5.74) is 1.19. The van der Waals surface area contributed by atoms with Crippen molar-refractivity contribution in [2.45, 2.75) is 6.92 Å². The van der Waals surface area contributed by atoms with E-state index in [1.807, 2.05) is 13.0 Å². The lowest BCUT2D eigenvalue weighted by Crippen LogP contribution is -2.10. The Hall–Kier alpha value is -2.34. The van der Waals surface area contributed by atoms with Crippen molar-refractivity contribution >= 4 is 28.1 Å². The monoisotopic (exact) mass is 362 g/mol. The molecule has 0 unspecified atom stereocenters. The van der Waals surface area contributed by atoms with Gasteiger partial charge >= 0.3 is 5.97 Å². The van der Waals surface area contributed by atoms with Gasteiger partial charge in [0.15, 0.2) is 11.5 Å². The van der Waals surface area contributed by atoms with Gasteiger partial charge in [0, 0.05) is 10.0 Å². The Labute approximate surface area is 136 Å². The standard InChI is InChI=1S/C16H15BrN2O3/c1-2-21-14-8-12(10-19-18)13(17)9-15(14)22-16(20)11-6-4-3-5-7-11/h3-10H,2,18H2,1H3. The van der Waals surface area contributed by atoms with E-state index in [9.17, 15) is 4.79 Å². The van der Waals surface area contributed by atoms with Gasteiger partial charge < -0.3 is 15.3 Å². The summed E-state index contributed by atoms with van der Waals surface area (Å²) in [5.74, 6) is 5.50. The number of hydrogen-bond acceptors (Lipinski definition) is 5. The predicted octanol–water partition coefficient (Wildman–Crippen LogP) is 3.36. The second-order valence-electron chi connectivity index (χ2n) is 4.29. The minimum atomic E-state index is -0.450. The fourth-order valence-corrected chi connectivity index (χ4v) is 2.24. The molecule has 0 aliphatic carbocycles. The van der Waals surface area contributed by atoms with Crippen LogP contribution < -0.4 is 15.3 Å². The molecule has 0 heterocycles. The van der Waals surface area contributed by atoms with Crippen molar-refractivity contribution in [3.05, 3.63) is 58.1 Å². The van der Waals surface area contributed by atoms with E-state index >= 15 is 0 Å². The third-order valence-corrected chi connectivity index (χ3v) is 3.48. The third kappa shape index (κ3) is 3.85. The number of benzene rings is 2. The predicted molar refractivity (Wildman–Crippen MR) is 88.5 cm³/mol. The van der Waals surface area contributed by atoms with Crippen molar-refractivity contribution < 1.29 is 14.3 Å². The van der Waals surface area contributed by atoms with E-state index in [1.165, 1.54) is 6.21 Å². The quantitative estimate of drug-likeness (QED) is 0.291. The first-order chi connectivity index (χ1) is 10.7. The van der Waals surface area contributed by atoms with E-state index in [1.54, 1.807) is 36.4 Å². The van der Waals surface area contributed by atoms with E-state index < -0.39 is 5.97 Å². The van der Waals surface area contributed by atoms with E-state index in [-0.39, 0.29) is 0 Å². The zero-order valence-electron chi connectivity index (χ0n) is 12.0. The van der Waals surface area contributed by atoms with Crippen molar-refractivity contribution in [1.82, 2.24) is 0 Å². The summed E-state index contributed by atoms with van der Waals surface area (Å²) in [6, 6.07) is 12.1. The fourth-order valence-electron chi connectivity index (χ4n) is 1.81. The number of halogens is 1. The summed E-state index contributed by atoms with van der Waals surface area (Å²) in [5, 5.41) is 3.49. The summed E-state index contributed by atoms with van der Waals surface area (Å²) >= 11 is 3.39. The molecule has 0 saturated heterocycles. The minimum Gasteiger partial charge on any atom is -0.490 e. The van der Waals surface area contributed by atoms with Crippen LogP contribution in [-0.2, 0) is 0 Å². The molecule has 0 amide bonds. The molecule has 6 heteroatoms. The van der Waals surface area contributed by atoms with Crippen molar-refractivity contribution in [2.75, 3.05) is 6.61 Å². The summed E-state index contributed by atoms with van der Waals surface area (Å²) in [6.45, 7) is 2.29. The van der Waals surface area contributed by atoms with Crippen molar-refractivity contribution in [3.63, 3.8) is 0 Å². The highest BCUT2D eigenvalue weighted by atomic mass is 79.9. The number of carbonyl (C=O) groups excluding carboxylic acids is 1. The van der Waals surface area contributed by atoms with Crippen LogP contribution in [0.3, 0.4) is 0 Å². The van der Waals surface area contributed by atoms with Gasteiger partial charge in [0.2, 0.25) is 0 Å². The summed E-state index contributed by atoms with van der Waals surface area (Å²) in [6.07, 6.45) is 1.48. The van der Waals surface area contributed by atoms with Crippen LogP contribution in [0.4, 0.5) is 0 Å². The van der Waals surface area contributed by atoms with Gasteiger partial charge in [0.05, 0.1) is 18.4 Å². The topological polar surface area (TPSA) is 73.9 Å². The van der Waals surface area contributed by atoms with Crippen LogP contribution in [0, 0.1) is 0 Å². The molecule has 22 heavy (non-hydrogen) atoms. The molecule has 2 aromatic carbocycles. The number of nitrogens with two attached hydrogens (primary N) is 1. The maximum atomic E-state index is 12.2. The molecule has 114 valence electrons. The van der Waals surface area contributed by atoms with E-state index in [0.29, 0.717) is 28.1 Å². The first-order valence-corrected chi connectivity index (χ1v) is 7.41. The molecular formula is C16H15BrN2O3. The largest absolute Gasteiger partial charge is 0.490 e. The van der Waals surface area contributed by atoms with Crippen molar-refractivity contribution in [2.24, 2.45) is 10.9 Å². The number of nitrogens with zero attached hydrogens (tertiary/aromatic N) is 1. The van der Waals surface area contributed by atoms with Crippen LogP contribution in [0.1, 0.15) is 22.8 Å². The number of ether oxygens (including phenoxy) is 2. The number of esters is 1. The average molecular weight is 363 g/mol. The highest BCUT2D eigenvalue weighted by Crippen LogP contribution is 2.33. The van der Waals surface area contributed by atoms with Gasteiger partial charge in [-0.1, -0.05) is 18.2 Å². The first-order valence-electron chi connectivity index (χ1n) is 6.62. The normalized spacial score (nSPS) is 10.6.